The molecule has 1 heteroatoms. The first-order chi connectivity index (χ1) is 8.88. The first-order valence-electron chi connectivity index (χ1n) is 8.59. The Bertz CT molecular complexity index is 274. The monoisotopic (exact) mass is 283 g/mol. The van der Waals surface area contributed by atoms with Crippen LogP contribution >= 0.6 is 0 Å². The maximum Gasteiger partial charge on any atom is 0.0175 e. The van der Waals surface area contributed by atoms with E-state index in [1.807, 2.05) is 0 Å². The quantitative estimate of drug-likeness (QED) is 0.529. The molecule has 0 saturated carbocycles. The molecule has 0 heterocycles. The maximum atomic E-state index is 2.61. The van der Waals surface area contributed by atoms with Crippen LogP contribution in [0.2, 0.25) is 0 Å². The van der Waals surface area contributed by atoms with Gasteiger partial charge in [0, 0.05) is 12.1 Å². The fraction of sp³-hybridized carbons (Fsp3) is 1.00. The highest BCUT2D eigenvalue weighted by molar-refractivity contribution is 4.90. The van der Waals surface area contributed by atoms with Crippen molar-refractivity contribution in [2.24, 2.45) is 16.7 Å². The van der Waals surface area contributed by atoms with Gasteiger partial charge in [0.1, 0.15) is 0 Å². The van der Waals surface area contributed by atoms with Gasteiger partial charge in [-0.2, -0.15) is 0 Å². The molecule has 0 N–H and O–H groups in total. The summed E-state index contributed by atoms with van der Waals surface area (Å²) >= 11 is 0. The third kappa shape index (κ3) is 6.16. The van der Waals surface area contributed by atoms with Crippen molar-refractivity contribution in [3.05, 3.63) is 0 Å². The average Bonchev–Trinajstić information content (AvgIpc) is 2.24. The van der Waals surface area contributed by atoms with E-state index in [1.165, 1.54) is 32.2 Å². The van der Waals surface area contributed by atoms with E-state index < -0.39 is 0 Å². The molecule has 0 fully saturated rings. The molecule has 0 spiro atoms. The topological polar surface area (TPSA) is 3.24 Å². The standard InChI is InChI=1S/C19H41N/c1-11-13-19(9,14-17(4,5)6)15-20(10)18(7,8)16(3)12-2/h16H,11-15H2,1-10H3. The molecule has 0 radical (unpaired) electrons. The molecular weight excluding hydrogens is 242 g/mol. The SMILES string of the molecule is CCCC(C)(CN(C)C(C)(C)C(C)CC)CC(C)(C)C. The second-order valence-corrected chi connectivity index (χ2v) is 9.12. The van der Waals surface area contributed by atoms with Crippen molar-refractivity contribution >= 4 is 0 Å². The zero-order valence-corrected chi connectivity index (χ0v) is 16.1. The van der Waals surface area contributed by atoms with Crippen molar-refractivity contribution in [3.8, 4) is 0 Å². The van der Waals surface area contributed by atoms with Gasteiger partial charge >= 0.3 is 0 Å². The van der Waals surface area contributed by atoms with Gasteiger partial charge in [-0.25, -0.2) is 0 Å². The van der Waals surface area contributed by atoms with Crippen molar-refractivity contribution < 1.29 is 0 Å². The van der Waals surface area contributed by atoms with E-state index in [4.69, 9.17) is 0 Å². The first kappa shape index (κ1) is 20.0. The molecule has 20 heavy (non-hydrogen) atoms. The van der Waals surface area contributed by atoms with Crippen LogP contribution in [-0.2, 0) is 0 Å². The van der Waals surface area contributed by atoms with Crippen LogP contribution in [0.15, 0.2) is 0 Å². The van der Waals surface area contributed by atoms with E-state index in [2.05, 4.69) is 74.3 Å². The van der Waals surface area contributed by atoms with Gasteiger partial charge in [-0.05, 0) is 50.5 Å². The van der Waals surface area contributed by atoms with Gasteiger partial charge in [-0.1, -0.05) is 61.3 Å². The van der Waals surface area contributed by atoms with E-state index in [0.717, 1.165) is 5.92 Å². The molecule has 0 saturated heterocycles. The largest absolute Gasteiger partial charge is 0.300 e. The fourth-order valence-electron chi connectivity index (χ4n) is 3.76. The Kier molecular flexibility index (Phi) is 7.28. The maximum absolute atomic E-state index is 2.61. The third-order valence-corrected chi connectivity index (χ3v) is 5.23. The minimum Gasteiger partial charge on any atom is -0.300 e. The summed E-state index contributed by atoms with van der Waals surface area (Å²) in [5.74, 6) is 0.730. The van der Waals surface area contributed by atoms with Gasteiger partial charge in [0.25, 0.3) is 0 Å². The number of rotatable bonds is 8. The molecule has 0 aromatic carbocycles. The molecule has 2 atom stereocenters. The highest BCUT2D eigenvalue weighted by Crippen LogP contribution is 2.39. The number of hydrogen-bond acceptors (Lipinski definition) is 1. The molecule has 0 aliphatic carbocycles. The van der Waals surface area contributed by atoms with Crippen LogP contribution in [0, 0.1) is 16.7 Å². The Morgan fingerprint density at radius 3 is 1.80 bits per heavy atom. The second kappa shape index (κ2) is 7.29. The minimum atomic E-state index is 0.279. The summed E-state index contributed by atoms with van der Waals surface area (Å²) in [6.45, 7) is 22.6. The summed E-state index contributed by atoms with van der Waals surface area (Å²) in [4.78, 5) is 2.61. The van der Waals surface area contributed by atoms with E-state index in [0.29, 0.717) is 10.8 Å². The summed E-state index contributed by atoms with van der Waals surface area (Å²) < 4.78 is 0. The van der Waals surface area contributed by atoms with Crippen LogP contribution in [0.1, 0.15) is 88.0 Å². The Morgan fingerprint density at radius 2 is 1.45 bits per heavy atom. The molecule has 122 valence electrons. The number of nitrogens with zero attached hydrogens (tertiary/aromatic N) is 1. The molecule has 1 nitrogen and oxygen atoms in total. The van der Waals surface area contributed by atoms with Gasteiger partial charge in [-0.3, -0.25) is 0 Å². The van der Waals surface area contributed by atoms with Gasteiger partial charge in [0.05, 0.1) is 0 Å². The smallest absolute Gasteiger partial charge is 0.0175 e. The van der Waals surface area contributed by atoms with E-state index >= 15 is 0 Å². The predicted molar refractivity (Wildman–Crippen MR) is 93.3 cm³/mol. The van der Waals surface area contributed by atoms with Gasteiger partial charge in [0.2, 0.25) is 0 Å². The first-order valence-corrected chi connectivity index (χ1v) is 8.59. The normalized spacial score (nSPS) is 18.1. The molecule has 2 unspecified atom stereocenters. The highest BCUT2D eigenvalue weighted by atomic mass is 15.2. The summed E-state index contributed by atoms with van der Waals surface area (Å²) in [5, 5.41) is 0. The van der Waals surface area contributed by atoms with E-state index in [9.17, 15) is 0 Å². The van der Waals surface area contributed by atoms with Gasteiger partial charge in [-0.15, -0.1) is 0 Å². The molecule has 0 aliphatic heterocycles. The number of hydrogen-bond donors (Lipinski definition) is 0. The molecular formula is C19H41N. The van der Waals surface area contributed by atoms with Crippen LogP contribution in [-0.4, -0.2) is 24.0 Å². The van der Waals surface area contributed by atoms with Crippen LogP contribution in [0.5, 0.6) is 0 Å². The summed E-state index contributed by atoms with van der Waals surface area (Å²) in [5.41, 5.74) is 1.11. The third-order valence-electron chi connectivity index (χ3n) is 5.23. The molecule has 0 amide bonds. The molecule has 0 aromatic rings. The Morgan fingerprint density at radius 1 is 0.950 bits per heavy atom. The van der Waals surface area contributed by atoms with Crippen molar-refractivity contribution in [2.45, 2.75) is 93.5 Å². The Labute approximate surface area is 129 Å². The summed E-state index contributed by atoms with van der Waals surface area (Å²) in [7, 11) is 2.32. The highest BCUT2D eigenvalue weighted by Gasteiger charge is 2.36. The molecule has 0 rings (SSSR count). The van der Waals surface area contributed by atoms with Gasteiger partial charge < -0.3 is 4.90 Å². The second-order valence-electron chi connectivity index (χ2n) is 9.12. The molecule has 0 aliphatic rings. The minimum absolute atomic E-state index is 0.279. The Hall–Kier alpha value is -0.0400. The van der Waals surface area contributed by atoms with Crippen LogP contribution in [0.3, 0.4) is 0 Å². The van der Waals surface area contributed by atoms with Crippen LogP contribution < -0.4 is 0 Å². The van der Waals surface area contributed by atoms with Crippen molar-refractivity contribution in [1.82, 2.24) is 4.90 Å². The van der Waals surface area contributed by atoms with Gasteiger partial charge in [0.15, 0.2) is 0 Å². The van der Waals surface area contributed by atoms with E-state index in [1.54, 1.807) is 0 Å². The van der Waals surface area contributed by atoms with Crippen molar-refractivity contribution in [2.75, 3.05) is 13.6 Å². The predicted octanol–water partition coefficient (Wildman–Crippen LogP) is 5.99. The molecule has 0 aromatic heterocycles. The zero-order valence-electron chi connectivity index (χ0n) is 16.1. The lowest BCUT2D eigenvalue weighted by Crippen LogP contribution is -2.50. The summed E-state index contributed by atoms with van der Waals surface area (Å²) in [6, 6.07) is 0. The van der Waals surface area contributed by atoms with Crippen molar-refractivity contribution in [1.29, 1.82) is 0 Å². The van der Waals surface area contributed by atoms with Crippen LogP contribution in [0.25, 0.3) is 0 Å². The fourth-order valence-corrected chi connectivity index (χ4v) is 3.76. The van der Waals surface area contributed by atoms with Crippen LogP contribution in [0.4, 0.5) is 0 Å². The van der Waals surface area contributed by atoms with E-state index in [-0.39, 0.29) is 5.54 Å². The zero-order chi connectivity index (χ0) is 16.2. The lowest BCUT2D eigenvalue weighted by atomic mass is 9.71. The Balaban J connectivity index is 4.99. The lowest BCUT2D eigenvalue weighted by molar-refractivity contribution is 0.0318. The molecule has 0 bridgehead atoms. The summed E-state index contributed by atoms with van der Waals surface area (Å²) in [6.07, 6.45) is 5.16. The average molecular weight is 284 g/mol. The van der Waals surface area contributed by atoms with Crippen molar-refractivity contribution in [3.63, 3.8) is 0 Å². The lowest BCUT2D eigenvalue weighted by Gasteiger charge is -2.46.